The highest BCUT2D eigenvalue weighted by Gasteiger charge is 2.42. The summed E-state index contributed by atoms with van der Waals surface area (Å²) in [7, 11) is 0. The van der Waals surface area contributed by atoms with E-state index >= 15 is 0 Å². The standard InChI is InChI=1S/C32H32N4O3S/c1-4-39-31(38)28-29(23-10-6-5-7-11-23)35-32-36(30(28)26-14-13-21(2)18-22(26)3)25(20-40-32)19-27(37)34-17-15-24-12-8-9-16-33-24/h5-14,16,18,20,30H,4,15,17,19H2,1-3H3,(H,34,37). The zero-order valence-corrected chi connectivity index (χ0v) is 23.7. The van der Waals surface area contributed by atoms with Gasteiger partial charge in [0.2, 0.25) is 5.91 Å². The van der Waals surface area contributed by atoms with E-state index in [2.05, 4.69) is 35.4 Å². The number of aromatic nitrogens is 1. The van der Waals surface area contributed by atoms with Gasteiger partial charge in [0.1, 0.15) is 0 Å². The molecule has 0 saturated carbocycles. The van der Waals surface area contributed by atoms with Crippen molar-refractivity contribution < 1.29 is 14.3 Å². The largest absolute Gasteiger partial charge is 0.463 e. The summed E-state index contributed by atoms with van der Waals surface area (Å²) in [6, 6.07) is 21.2. The van der Waals surface area contributed by atoms with E-state index in [1.807, 2.05) is 65.8 Å². The molecule has 1 aromatic heterocycles. The monoisotopic (exact) mass is 552 g/mol. The third kappa shape index (κ3) is 5.87. The van der Waals surface area contributed by atoms with Crippen molar-refractivity contribution in [3.05, 3.63) is 118 Å². The fourth-order valence-corrected chi connectivity index (χ4v) is 5.94. The second-order valence-electron chi connectivity index (χ2n) is 9.70. The van der Waals surface area contributed by atoms with E-state index in [0.29, 0.717) is 24.2 Å². The van der Waals surface area contributed by atoms with Crippen LogP contribution in [0.3, 0.4) is 0 Å². The van der Waals surface area contributed by atoms with Gasteiger partial charge in [-0.1, -0.05) is 71.9 Å². The molecule has 7 nitrogen and oxygen atoms in total. The number of benzene rings is 2. The number of carbonyl (C=O) groups excluding carboxylic acids is 2. The van der Waals surface area contributed by atoms with Crippen LogP contribution in [-0.2, 0) is 20.7 Å². The third-order valence-electron chi connectivity index (χ3n) is 6.84. The Morgan fingerprint density at radius 1 is 1.05 bits per heavy atom. The van der Waals surface area contributed by atoms with E-state index in [9.17, 15) is 9.59 Å². The molecule has 2 aliphatic heterocycles. The van der Waals surface area contributed by atoms with E-state index in [4.69, 9.17) is 9.73 Å². The van der Waals surface area contributed by atoms with Gasteiger partial charge in [0.25, 0.3) is 0 Å². The average Bonchev–Trinajstić information content (AvgIpc) is 3.35. The Labute approximate surface area is 239 Å². The van der Waals surface area contributed by atoms with Gasteiger partial charge in [-0.15, -0.1) is 0 Å². The number of ether oxygens (including phenoxy) is 1. The van der Waals surface area contributed by atoms with Gasteiger partial charge in [-0.3, -0.25) is 9.78 Å². The molecule has 2 aliphatic rings. The van der Waals surface area contributed by atoms with E-state index in [1.165, 1.54) is 11.8 Å². The van der Waals surface area contributed by atoms with Crippen LogP contribution in [0.15, 0.2) is 94.6 Å². The van der Waals surface area contributed by atoms with Crippen molar-refractivity contribution >= 4 is 34.5 Å². The van der Waals surface area contributed by atoms with Crippen molar-refractivity contribution in [2.24, 2.45) is 4.99 Å². The number of amides is 1. The van der Waals surface area contributed by atoms with Gasteiger partial charge in [-0.2, -0.15) is 0 Å². The summed E-state index contributed by atoms with van der Waals surface area (Å²) in [5.74, 6) is -0.510. The lowest BCUT2D eigenvalue weighted by Crippen LogP contribution is -2.38. The van der Waals surface area contributed by atoms with E-state index in [1.54, 1.807) is 13.1 Å². The summed E-state index contributed by atoms with van der Waals surface area (Å²) >= 11 is 1.47. The number of thioether (sulfide) groups is 1. The van der Waals surface area contributed by atoms with Crippen LogP contribution in [0, 0.1) is 13.8 Å². The third-order valence-corrected chi connectivity index (χ3v) is 7.73. The number of esters is 1. The van der Waals surface area contributed by atoms with Crippen LogP contribution < -0.4 is 5.32 Å². The van der Waals surface area contributed by atoms with Gasteiger partial charge < -0.3 is 15.0 Å². The van der Waals surface area contributed by atoms with Crippen molar-refractivity contribution in [1.82, 2.24) is 15.2 Å². The van der Waals surface area contributed by atoms with Gasteiger partial charge in [0.15, 0.2) is 5.17 Å². The number of hydrogen-bond acceptors (Lipinski definition) is 7. The molecule has 1 unspecified atom stereocenters. The first-order valence-corrected chi connectivity index (χ1v) is 14.3. The minimum absolute atomic E-state index is 0.0982. The van der Waals surface area contributed by atoms with E-state index < -0.39 is 12.0 Å². The van der Waals surface area contributed by atoms with Gasteiger partial charge in [-0.05, 0) is 49.4 Å². The summed E-state index contributed by atoms with van der Waals surface area (Å²) in [4.78, 5) is 38.0. The highest BCUT2D eigenvalue weighted by Crippen LogP contribution is 2.47. The highest BCUT2D eigenvalue weighted by atomic mass is 32.2. The first-order valence-electron chi connectivity index (χ1n) is 13.4. The number of aryl methyl sites for hydroxylation is 2. The number of fused-ring (bicyclic) bond motifs is 1. The van der Waals surface area contributed by atoms with Crippen molar-refractivity contribution in [2.75, 3.05) is 13.2 Å². The molecule has 0 aliphatic carbocycles. The fourth-order valence-electron chi connectivity index (χ4n) is 5.02. The summed E-state index contributed by atoms with van der Waals surface area (Å²) in [5, 5.41) is 5.71. The molecule has 8 heteroatoms. The average molecular weight is 553 g/mol. The number of hydrogen-bond donors (Lipinski definition) is 1. The van der Waals surface area contributed by atoms with Crippen LogP contribution in [0.5, 0.6) is 0 Å². The SMILES string of the molecule is CCOC(=O)C1=C(c2ccccc2)N=C2SC=C(CC(=O)NCCc3ccccn3)N2C1c1ccc(C)cc1C. The number of carbonyl (C=O) groups is 2. The van der Waals surface area contributed by atoms with Gasteiger partial charge >= 0.3 is 5.97 Å². The summed E-state index contributed by atoms with van der Waals surface area (Å²) in [6.45, 7) is 6.64. The van der Waals surface area contributed by atoms with Crippen LogP contribution in [0.25, 0.3) is 5.70 Å². The Balaban J connectivity index is 1.50. The summed E-state index contributed by atoms with van der Waals surface area (Å²) < 4.78 is 5.60. The first-order chi connectivity index (χ1) is 19.5. The Morgan fingerprint density at radius 2 is 1.85 bits per heavy atom. The van der Waals surface area contributed by atoms with Crippen LogP contribution >= 0.6 is 11.8 Å². The molecular formula is C32H32N4O3S. The second-order valence-corrected chi connectivity index (χ2v) is 10.5. The predicted octanol–water partition coefficient (Wildman–Crippen LogP) is 5.72. The highest BCUT2D eigenvalue weighted by molar-refractivity contribution is 8.16. The number of amidine groups is 1. The van der Waals surface area contributed by atoms with Crippen molar-refractivity contribution in [2.45, 2.75) is 39.7 Å². The van der Waals surface area contributed by atoms with Gasteiger partial charge in [0.05, 0.1) is 30.3 Å². The van der Waals surface area contributed by atoms with Crippen LogP contribution in [0.4, 0.5) is 0 Å². The maximum Gasteiger partial charge on any atom is 0.338 e. The Kier molecular flexibility index (Phi) is 8.45. The Hall–Kier alpha value is -4.17. The molecule has 40 heavy (non-hydrogen) atoms. The summed E-state index contributed by atoms with van der Waals surface area (Å²) in [6.07, 6.45) is 2.56. The summed E-state index contributed by atoms with van der Waals surface area (Å²) in [5.41, 5.74) is 6.78. The molecule has 1 amide bonds. The molecule has 1 atom stereocenters. The van der Waals surface area contributed by atoms with Crippen molar-refractivity contribution in [3.8, 4) is 0 Å². The molecule has 0 spiro atoms. The molecule has 2 aromatic carbocycles. The minimum atomic E-state index is -0.495. The van der Waals surface area contributed by atoms with Gasteiger partial charge in [-0.25, -0.2) is 9.79 Å². The second kappa shape index (κ2) is 12.3. The number of nitrogens with zero attached hydrogens (tertiary/aromatic N) is 3. The molecule has 1 N–H and O–H groups in total. The fraction of sp³-hybridized carbons (Fsp3) is 0.250. The molecule has 3 heterocycles. The number of rotatable bonds is 9. The zero-order chi connectivity index (χ0) is 28.1. The maximum absolute atomic E-state index is 13.6. The quantitative estimate of drug-likeness (QED) is 0.342. The van der Waals surface area contributed by atoms with E-state index in [-0.39, 0.29) is 18.9 Å². The molecule has 0 radical (unpaired) electrons. The van der Waals surface area contributed by atoms with E-state index in [0.717, 1.165) is 38.8 Å². The number of aliphatic imine (C=N–C) groups is 1. The molecule has 204 valence electrons. The van der Waals surface area contributed by atoms with Gasteiger partial charge in [0, 0.05) is 36.1 Å². The van der Waals surface area contributed by atoms with Crippen LogP contribution in [-0.4, -0.2) is 40.1 Å². The lowest BCUT2D eigenvalue weighted by molar-refractivity contribution is -0.139. The molecule has 5 rings (SSSR count). The minimum Gasteiger partial charge on any atom is -0.463 e. The molecule has 3 aromatic rings. The smallest absolute Gasteiger partial charge is 0.338 e. The molecule has 0 fully saturated rings. The lowest BCUT2D eigenvalue weighted by Gasteiger charge is -2.37. The number of pyridine rings is 1. The number of nitrogens with one attached hydrogen (secondary N) is 1. The van der Waals surface area contributed by atoms with Crippen molar-refractivity contribution in [3.63, 3.8) is 0 Å². The molecule has 0 saturated heterocycles. The van der Waals surface area contributed by atoms with Crippen LogP contribution in [0.2, 0.25) is 0 Å². The van der Waals surface area contributed by atoms with Crippen molar-refractivity contribution in [1.29, 1.82) is 0 Å². The molecule has 0 bridgehead atoms. The zero-order valence-electron chi connectivity index (χ0n) is 22.9. The normalized spacial score (nSPS) is 16.3. The maximum atomic E-state index is 13.6. The first kappa shape index (κ1) is 27.4. The molecular weight excluding hydrogens is 520 g/mol. The predicted molar refractivity (Wildman–Crippen MR) is 159 cm³/mol. The topological polar surface area (TPSA) is 83.9 Å². The lowest BCUT2D eigenvalue weighted by atomic mass is 9.88. The Bertz CT molecular complexity index is 1500. The Morgan fingerprint density at radius 3 is 2.58 bits per heavy atom. The van der Waals surface area contributed by atoms with Crippen LogP contribution in [0.1, 0.15) is 47.3 Å².